The van der Waals surface area contributed by atoms with Crippen LogP contribution in [0.4, 0.5) is 5.69 Å². The summed E-state index contributed by atoms with van der Waals surface area (Å²) in [4.78, 5) is 0. The molecule has 0 saturated carbocycles. The third-order valence-corrected chi connectivity index (χ3v) is 4.92. The van der Waals surface area contributed by atoms with Crippen LogP contribution in [0.3, 0.4) is 0 Å². The Kier molecular flexibility index (Phi) is 3.50. The lowest BCUT2D eigenvalue weighted by Crippen LogP contribution is -2.34. The predicted octanol–water partition coefficient (Wildman–Crippen LogP) is 2.68. The van der Waals surface area contributed by atoms with Crippen LogP contribution in [0.25, 0.3) is 0 Å². The van der Waals surface area contributed by atoms with Gasteiger partial charge in [0.25, 0.3) is 0 Å². The van der Waals surface area contributed by atoms with Gasteiger partial charge in [-0.3, -0.25) is 4.31 Å². The summed E-state index contributed by atoms with van der Waals surface area (Å²) in [6, 6.07) is 7.34. The van der Waals surface area contributed by atoms with Crippen molar-refractivity contribution in [1.82, 2.24) is 0 Å². The highest BCUT2D eigenvalue weighted by atomic mass is 35.5. The fourth-order valence-electron chi connectivity index (χ4n) is 2.54. The Balaban J connectivity index is 2.54. The first-order valence-electron chi connectivity index (χ1n) is 5.93. The molecule has 1 atom stereocenters. The molecule has 1 aliphatic rings. The second kappa shape index (κ2) is 4.69. The Hall–Kier alpha value is -1.25. The van der Waals surface area contributed by atoms with Gasteiger partial charge in [0.15, 0.2) is 0 Å². The van der Waals surface area contributed by atoms with Crippen LogP contribution in [0.1, 0.15) is 25.3 Å². The number of halogens is 1. The van der Waals surface area contributed by atoms with E-state index in [1.807, 2.05) is 6.92 Å². The van der Waals surface area contributed by atoms with E-state index < -0.39 is 10.0 Å². The lowest BCUT2D eigenvalue weighted by atomic mass is 9.80. The lowest BCUT2D eigenvalue weighted by Gasteiger charge is -2.24. The van der Waals surface area contributed by atoms with E-state index in [1.165, 1.54) is 10.6 Å². The molecule has 0 fully saturated rings. The Labute approximate surface area is 118 Å². The van der Waals surface area contributed by atoms with E-state index in [9.17, 15) is 8.42 Å². The molecule has 4 nitrogen and oxygen atoms in total. The molecular weight excluding hydrogens is 284 g/mol. The first-order valence-corrected chi connectivity index (χ1v) is 8.15. The van der Waals surface area contributed by atoms with E-state index in [4.69, 9.17) is 16.9 Å². The van der Waals surface area contributed by atoms with E-state index in [1.54, 1.807) is 18.2 Å². The number of hydrogen-bond acceptors (Lipinski definition) is 3. The topological polar surface area (TPSA) is 61.2 Å². The molecule has 1 aromatic rings. The molecule has 0 N–H and O–H groups in total. The maximum atomic E-state index is 11.9. The number of benzene rings is 1. The minimum Gasteiger partial charge on any atom is -0.269 e. The summed E-state index contributed by atoms with van der Waals surface area (Å²) < 4.78 is 25.1. The van der Waals surface area contributed by atoms with Crippen molar-refractivity contribution in [1.29, 1.82) is 5.26 Å². The summed E-state index contributed by atoms with van der Waals surface area (Å²) >= 11 is 6.01. The lowest BCUT2D eigenvalue weighted by molar-refractivity contribution is 0.474. The Morgan fingerprint density at radius 1 is 1.53 bits per heavy atom. The molecule has 2 rings (SSSR count). The van der Waals surface area contributed by atoms with Gasteiger partial charge in [0, 0.05) is 23.4 Å². The molecule has 0 bridgehead atoms. The standard InChI is InChI=1S/C13H15ClN2O2S/c1-13(6-3-7-15)9-16(19(2,17)18)12-5-4-10(14)8-11(12)13/h4-5,8H,3,6,9H2,1-2H3. The second-order valence-electron chi connectivity index (χ2n) is 5.15. The van der Waals surface area contributed by atoms with Crippen molar-refractivity contribution in [3.05, 3.63) is 28.8 Å². The van der Waals surface area contributed by atoms with Gasteiger partial charge >= 0.3 is 0 Å². The summed E-state index contributed by atoms with van der Waals surface area (Å²) in [7, 11) is -3.32. The van der Waals surface area contributed by atoms with Crippen molar-refractivity contribution in [2.24, 2.45) is 0 Å². The number of fused-ring (bicyclic) bond motifs is 1. The molecule has 19 heavy (non-hydrogen) atoms. The minimum atomic E-state index is -3.32. The molecule has 1 aliphatic heterocycles. The van der Waals surface area contributed by atoms with Gasteiger partial charge in [-0.15, -0.1) is 0 Å². The van der Waals surface area contributed by atoms with Crippen molar-refractivity contribution >= 4 is 27.3 Å². The number of sulfonamides is 1. The molecule has 6 heteroatoms. The van der Waals surface area contributed by atoms with Crippen molar-refractivity contribution < 1.29 is 8.42 Å². The molecule has 0 saturated heterocycles. The number of hydrogen-bond donors (Lipinski definition) is 0. The summed E-state index contributed by atoms with van der Waals surface area (Å²) in [5.74, 6) is 0. The molecule has 0 aromatic heterocycles. The van der Waals surface area contributed by atoms with E-state index in [0.29, 0.717) is 30.1 Å². The van der Waals surface area contributed by atoms with Crippen molar-refractivity contribution in [3.63, 3.8) is 0 Å². The molecule has 0 spiro atoms. The molecule has 1 unspecified atom stereocenters. The largest absolute Gasteiger partial charge is 0.269 e. The Morgan fingerprint density at radius 2 is 2.21 bits per heavy atom. The number of nitriles is 1. The van der Waals surface area contributed by atoms with Crippen LogP contribution in [0, 0.1) is 11.3 Å². The number of anilines is 1. The van der Waals surface area contributed by atoms with Crippen LogP contribution >= 0.6 is 11.6 Å². The first kappa shape index (κ1) is 14.2. The maximum absolute atomic E-state index is 11.9. The smallest absolute Gasteiger partial charge is 0.232 e. The van der Waals surface area contributed by atoms with Crippen LogP contribution in [-0.4, -0.2) is 21.2 Å². The fraction of sp³-hybridized carbons (Fsp3) is 0.462. The molecule has 0 radical (unpaired) electrons. The van der Waals surface area contributed by atoms with E-state index in [-0.39, 0.29) is 5.41 Å². The SMILES string of the molecule is CC1(CCC#N)CN(S(C)(=O)=O)c2ccc(Cl)cc21. The zero-order valence-electron chi connectivity index (χ0n) is 10.9. The van der Waals surface area contributed by atoms with Gasteiger partial charge in [0.1, 0.15) is 0 Å². The molecule has 0 amide bonds. The third kappa shape index (κ3) is 2.56. The summed E-state index contributed by atoms with van der Waals surface area (Å²) in [5.41, 5.74) is 1.21. The van der Waals surface area contributed by atoms with Gasteiger partial charge in [-0.05, 0) is 30.2 Å². The molecule has 0 aliphatic carbocycles. The molecule has 1 aromatic carbocycles. The number of rotatable bonds is 3. The van der Waals surface area contributed by atoms with Gasteiger partial charge in [0.05, 0.1) is 18.0 Å². The zero-order valence-corrected chi connectivity index (χ0v) is 12.4. The molecular formula is C13H15ClN2O2S. The Bertz CT molecular complexity index is 651. The van der Waals surface area contributed by atoms with Gasteiger partial charge in [-0.25, -0.2) is 8.42 Å². The van der Waals surface area contributed by atoms with Crippen molar-refractivity contribution in [3.8, 4) is 6.07 Å². The van der Waals surface area contributed by atoms with Crippen molar-refractivity contribution in [2.75, 3.05) is 17.1 Å². The fourth-order valence-corrected chi connectivity index (χ4v) is 3.75. The van der Waals surface area contributed by atoms with Gasteiger partial charge in [-0.1, -0.05) is 18.5 Å². The van der Waals surface area contributed by atoms with Crippen molar-refractivity contribution in [2.45, 2.75) is 25.2 Å². The van der Waals surface area contributed by atoms with E-state index in [0.717, 1.165) is 5.56 Å². The minimum absolute atomic E-state index is 0.362. The maximum Gasteiger partial charge on any atom is 0.232 e. The van der Waals surface area contributed by atoms with Crippen LogP contribution in [0.2, 0.25) is 5.02 Å². The summed E-state index contributed by atoms with van der Waals surface area (Å²) in [6.45, 7) is 2.34. The third-order valence-electron chi connectivity index (χ3n) is 3.56. The normalized spacial score (nSPS) is 22.1. The summed E-state index contributed by atoms with van der Waals surface area (Å²) in [6.07, 6.45) is 2.20. The van der Waals surface area contributed by atoms with Crippen LogP contribution in [-0.2, 0) is 15.4 Å². The average Bonchev–Trinajstić information content (AvgIpc) is 2.61. The van der Waals surface area contributed by atoms with Crippen LogP contribution < -0.4 is 4.31 Å². The van der Waals surface area contributed by atoms with Crippen LogP contribution in [0.15, 0.2) is 18.2 Å². The van der Waals surface area contributed by atoms with E-state index in [2.05, 4.69) is 6.07 Å². The zero-order chi connectivity index (χ0) is 14.3. The highest BCUT2D eigenvalue weighted by Gasteiger charge is 2.41. The number of nitrogens with zero attached hydrogens (tertiary/aromatic N) is 2. The molecule has 1 heterocycles. The molecule has 102 valence electrons. The van der Waals surface area contributed by atoms with Gasteiger partial charge < -0.3 is 0 Å². The van der Waals surface area contributed by atoms with E-state index >= 15 is 0 Å². The first-order chi connectivity index (χ1) is 8.78. The quantitative estimate of drug-likeness (QED) is 0.862. The average molecular weight is 299 g/mol. The highest BCUT2D eigenvalue weighted by molar-refractivity contribution is 7.92. The van der Waals surface area contributed by atoms with Gasteiger partial charge in [-0.2, -0.15) is 5.26 Å². The summed E-state index contributed by atoms with van der Waals surface area (Å²) in [5, 5.41) is 9.34. The predicted molar refractivity (Wildman–Crippen MR) is 75.8 cm³/mol. The van der Waals surface area contributed by atoms with Gasteiger partial charge in [0.2, 0.25) is 10.0 Å². The Morgan fingerprint density at radius 3 is 2.79 bits per heavy atom. The second-order valence-corrected chi connectivity index (χ2v) is 7.49. The monoisotopic (exact) mass is 298 g/mol. The highest BCUT2D eigenvalue weighted by Crippen LogP contribution is 2.45. The van der Waals surface area contributed by atoms with Crippen LogP contribution in [0.5, 0.6) is 0 Å².